The summed E-state index contributed by atoms with van der Waals surface area (Å²) >= 11 is 0. The predicted octanol–water partition coefficient (Wildman–Crippen LogP) is 1.01. The minimum Gasteiger partial charge on any atom is -0.492 e. The fraction of sp³-hybridized carbons (Fsp3) is 0.500. The highest BCUT2D eigenvalue weighted by atomic mass is 16.5. The van der Waals surface area contributed by atoms with Gasteiger partial charge in [0.15, 0.2) is 11.5 Å². The second kappa shape index (κ2) is 5.75. The van der Waals surface area contributed by atoms with Gasteiger partial charge in [0.2, 0.25) is 5.75 Å². The molecule has 1 rings (SSSR count). The van der Waals surface area contributed by atoms with Crippen LogP contribution in [0, 0.1) is 6.92 Å². The van der Waals surface area contributed by atoms with Crippen LogP contribution in [-0.2, 0) is 13.2 Å². The van der Waals surface area contributed by atoms with Crippen molar-refractivity contribution in [1.29, 1.82) is 0 Å². The molecule has 0 aliphatic rings. The first-order valence-electron chi connectivity index (χ1n) is 5.18. The molecular weight excluding hydrogens is 224 g/mol. The zero-order valence-corrected chi connectivity index (χ0v) is 10.5. The molecule has 0 amide bonds. The molecule has 0 atom stereocenters. The third-order valence-corrected chi connectivity index (χ3v) is 2.77. The lowest BCUT2D eigenvalue weighted by molar-refractivity contribution is 0.247. The Morgan fingerprint density at radius 1 is 0.765 bits per heavy atom. The molecule has 0 fully saturated rings. The van der Waals surface area contributed by atoms with Crippen molar-refractivity contribution in [2.24, 2.45) is 0 Å². The Labute approximate surface area is 101 Å². The van der Waals surface area contributed by atoms with Gasteiger partial charge in [0.25, 0.3) is 0 Å². The molecular formula is C12H18O5. The van der Waals surface area contributed by atoms with Gasteiger partial charge >= 0.3 is 0 Å². The normalized spacial score (nSPS) is 10.2. The molecule has 0 unspecified atom stereocenters. The number of ether oxygens (including phenoxy) is 3. The van der Waals surface area contributed by atoms with Gasteiger partial charge in [-0.15, -0.1) is 0 Å². The first-order chi connectivity index (χ1) is 8.15. The Morgan fingerprint density at radius 2 is 1.24 bits per heavy atom. The molecule has 0 aromatic heterocycles. The fourth-order valence-corrected chi connectivity index (χ4v) is 1.94. The number of methoxy groups -OCH3 is 3. The lowest BCUT2D eigenvalue weighted by atomic mass is 9.99. The lowest BCUT2D eigenvalue weighted by Crippen LogP contribution is -2.06. The molecule has 0 heterocycles. The van der Waals surface area contributed by atoms with Gasteiger partial charge in [-0.3, -0.25) is 0 Å². The molecule has 0 aliphatic heterocycles. The Balaban J connectivity index is 3.66. The van der Waals surface area contributed by atoms with Gasteiger partial charge in [-0.2, -0.15) is 0 Å². The van der Waals surface area contributed by atoms with Crippen LogP contribution in [0.5, 0.6) is 17.2 Å². The second-order valence-corrected chi connectivity index (χ2v) is 3.50. The van der Waals surface area contributed by atoms with Crippen molar-refractivity contribution in [2.45, 2.75) is 20.1 Å². The lowest BCUT2D eigenvalue weighted by Gasteiger charge is -2.20. The molecule has 5 heteroatoms. The first kappa shape index (κ1) is 13.6. The van der Waals surface area contributed by atoms with E-state index in [1.807, 2.05) is 0 Å². The van der Waals surface area contributed by atoms with Crippen LogP contribution in [-0.4, -0.2) is 31.5 Å². The minimum atomic E-state index is -0.236. The maximum absolute atomic E-state index is 9.38. The molecule has 0 spiro atoms. The van der Waals surface area contributed by atoms with Gasteiger partial charge in [0.1, 0.15) is 0 Å². The van der Waals surface area contributed by atoms with Crippen LogP contribution in [0.4, 0.5) is 0 Å². The van der Waals surface area contributed by atoms with E-state index in [2.05, 4.69) is 0 Å². The van der Waals surface area contributed by atoms with Gasteiger partial charge in [-0.05, 0) is 12.5 Å². The maximum Gasteiger partial charge on any atom is 0.203 e. The second-order valence-electron chi connectivity index (χ2n) is 3.50. The van der Waals surface area contributed by atoms with Gasteiger partial charge in [0, 0.05) is 11.1 Å². The molecule has 1 aromatic carbocycles. The van der Waals surface area contributed by atoms with Crippen molar-refractivity contribution in [3.05, 3.63) is 16.7 Å². The zero-order chi connectivity index (χ0) is 13.0. The van der Waals surface area contributed by atoms with Crippen molar-refractivity contribution in [2.75, 3.05) is 21.3 Å². The maximum atomic E-state index is 9.38. The summed E-state index contributed by atoms with van der Waals surface area (Å²) in [5.41, 5.74) is 1.85. The van der Waals surface area contributed by atoms with Gasteiger partial charge < -0.3 is 24.4 Å². The SMILES string of the molecule is COc1c(C)c(CO)c(CO)c(OC)c1OC. The quantitative estimate of drug-likeness (QED) is 0.806. The number of hydrogen-bond donors (Lipinski definition) is 2. The van der Waals surface area contributed by atoms with Crippen molar-refractivity contribution in [3.63, 3.8) is 0 Å². The van der Waals surface area contributed by atoms with Gasteiger partial charge in [-0.1, -0.05) is 0 Å². The van der Waals surface area contributed by atoms with E-state index in [1.165, 1.54) is 21.3 Å². The average molecular weight is 242 g/mol. The Kier molecular flexibility index (Phi) is 4.60. The largest absolute Gasteiger partial charge is 0.492 e. The van der Waals surface area contributed by atoms with E-state index in [-0.39, 0.29) is 13.2 Å². The highest BCUT2D eigenvalue weighted by molar-refractivity contribution is 5.63. The van der Waals surface area contributed by atoms with Gasteiger partial charge in [-0.25, -0.2) is 0 Å². The molecule has 0 aliphatic carbocycles. The van der Waals surface area contributed by atoms with Crippen LogP contribution in [0.15, 0.2) is 0 Å². The van der Waals surface area contributed by atoms with E-state index in [4.69, 9.17) is 14.2 Å². The number of hydrogen-bond acceptors (Lipinski definition) is 5. The molecule has 0 saturated carbocycles. The van der Waals surface area contributed by atoms with Gasteiger partial charge in [0.05, 0.1) is 34.5 Å². The van der Waals surface area contributed by atoms with E-state index >= 15 is 0 Å². The number of benzene rings is 1. The standard InChI is InChI=1S/C12H18O5/c1-7-8(5-13)9(6-14)11(16-3)12(17-4)10(7)15-2/h13-14H,5-6H2,1-4H3. The fourth-order valence-electron chi connectivity index (χ4n) is 1.94. The topological polar surface area (TPSA) is 68.2 Å². The number of aliphatic hydroxyl groups excluding tert-OH is 2. The van der Waals surface area contributed by atoms with E-state index in [1.54, 1.807) is 6.92 Å². The van der Waals surface area contributed by atoms with Crippen LogP contribution in [0.2, 0.25) is 0 Å². The van der Waals surface area contributed by atoms with Crippen LogP contribution in [0.25, 0.3) is 0 Å². The minimum absolute atomic E-state index is 0.196. The first-order valence-corrected chi connectivity index (χ1v) is 5.18. The van der Waals surface area contributed by atoms with Crippen LogP contribution in [0.1, 0.15) is 16.7 Å². The molecule has 0 bridgehead atoms. The Hall–Kier alpha value is -1.46. The third kappa shape index (κ3) is 2.16. The third-order valence-electron chi connectivity index (χ3n) is 2.77. The molecule has 96 valence electrons. The van der Waals surface area contributed by atoms with Crippen molar-refractivity contribution < 1.29 is 24.4 Å². The van der Waals surface area contributed by atoms with Crippen molar-refractivity contribution in [1.82, 2.24) is 0 Å². The van der Waals surface area contributed by atoms with Crippen LogP contribution >= 0.6 is 0 Å². The summed E-state index contributed by atoms with van der Waals surface area (Å²) in [7, 11) is 4.50. The van der Waals surface area contributed by atoms with E-state index in [0.717, 1.165) is 5.56 Å². The highest BCUT2D eigenvalue weighted by Crippen LogP contribution is 2.44. The highest BCUT2D eigenvalue weighted by Gasteiger charge is 2.23. The Bertz CT molecular complexity index is 367. The monoisotopic (exact) mass is 242 g/mol. The molecule has 0 saturated heterocycles. The summed E-state index contributed by atoms with van der Waals surface area (Å²) < 4.78 is 15.7. The number of rotatable bonds is 5. The molecule has 5 nitrogen and oxygen atoms in total. The number of aliphatic hydroxyl groups is 2. The summed E-state index contributed by atoms with van der Waals surface area (Å²) in [6.07, 6.45) is 0. The summed E-state index contributed by atoms with van der Waals surface area (Å²) in [5, 5.41) is 18.8. The molecule has 2 N–H and O–H groups in total. The molecule has 1 aromatic rings. The molecule has 17 heavy (non-hydrogen) atoms. The smallest absolute Gasteiger partial charge is 0.203 e. The van der Waals surface area contributed by atoms with E-state index in [9.17, 15) is 10.2 Å². The molecule has 0 radical (unpaired) electrons. The zero-order valence-electron chi connectivity index (χ0n) is 10.5. The average Bonchev–Trinajstić information content (AvgIpc) is 2.36. The van der Waals surface area contributed by atoms with Crippen molar-refractivity contribution in [3.8, 4) is 17.2 Å². The van der Waals surface area contributed by atoms with Crippen LogP contribution in [0.3, 0.4) is 0 Å². The summed E-state index contributed by atoms with van der Waals surface area (Å²) in [6, 6.07) is 0. The predicted molar refractivity (Wildman–Crippen MR) is 62.7 cm³/mol. The van der Waals surface area contributed by atoms with Crippen LogP contribution < -0.4 is 14.2 Å². The van der Waals surface area contributed by atoms with Crippen molar-refractivity contribution >= 4 is 0 Å². The summed E-state index contributed by atoms with van der Waals surface area (Å²) in [6.45, 7) is 1.37. The van der Waals surface area contributed by atoms with E-state index in [0.29, 0.717) is 28.4 Å². The Morgan fingerprint density at radius 3 is 1.59 bits per heavy atom. The summed E-state index contributed by atoms with van der Waals surface area (Å²) in [4.78, 5) is 0. The summed E-state index contributed by atoms with van der Waals surface area (Å²) in [5.74, 6) is 1.32. The van der Waals surface area contributed by atoms with E-state index < -0.39 is 0 Å².